The van der Waals surface area contributed by atoms with Crippen molar-refractivity contribution < 1.29 is 23.4 Å². The SMILES string of the molecule is CCOC(=O)/C(F)=C(/C)c1cc2c(c(Cl)c1OCC)OC(C)(C)C=C2C(C)C. The van der Waals surface area contributed by atoms with Crippen LogP contribution in [0.15, 0.2) is 18.0 Å². The predicted molar refractivity (Wildman–Crippen MR) is 110 cm³/mol. The van der Waals surface area contributed by atoms with Gasteiger partial charge < -0.3 is 14.2 Å². The summed E-state index contributed by atoms with van der Waals surface area (Å²) < 4.78 is 31.3. The molecule has 1 aromatic carbocycles. The maximum absolute atomic E-state index is 14.7. The maximum atomic E-state index is 14.7. The maximum Gasteiger partial charge on any atom is 0.367 e. The van der Waals surface area contributed by atoms with Crippen LogP contribution in [-0.2, 0) is 9.53 Å². The molecule has 4 nitrogen and oxygen atoms in total. The average Bonchev–Trinajstić information content (AvgIpc) is 2.62. The first-order valence-corrected chi connectivity index (χ1v) is 9.87. The van der Waals surface area contributed by atoms with Crippen LogP contribution in [0.25, 0.3) is 11.1 Å². The van der Waals surface area contributed by atoms with Gasteiger partial charge in [0.15, 0.2) is 5.75 Å². The van der Waals surface area contributed by atoms with Crippen LogP contribution in [0.4, 0.5) is 4.39 Å². The molecule has 1 aromatic rings. The van der Waals surface area contributed by atoms with Gasteiger partial charge in [0.1, 0.15) is 16.4 Å². The second kappa shape index (κ2) is 8.56. The summed E-state index contributed by atoms with van der Waals surface area (Å²) in [6.07, 6.45) is 2.04. The fourth-order valence-corrected chi connectivity index (χ4v) is 3.48. The zero-order chi connectivity index (χ0) is 21.2. The lowest BCUT2D eigenvalue weighted by Gasteiger charge is -2.34. The molecule has 154 valence electrons. The first-order valence-electron chi connectivity index (χ1n) is 9.49. The molecule has 0 bridgehead atoms. The van der Waals surface area contributed by atoms with Crippen LogP contribution in [0.5, 0.6) is 11.5 Å². The third-order valence-corrected chi connectivity index (χ3v) is 4.80. The smallest absolute Gasteiger partial charge is 0.367 e. The molecular weight excluding hydrogens is 383 g/mol. The minimum absolute atomic E-state index is 0.0892. The number of allylic oxidation sites excluding steroid dienone is 2. The van der Waals surface area contributed by atoms with Crippen molar-refractivity contribution >= 4 is 28.7 Å². The van der Waals surface area contributed by atoms with E-state index in [2.05, 4.69) is 13.8 Å². The molecule has 0 fully saturated rings. The molecule has 0 saturated heterocycles. The van der Waals surface area contributed by atoms with Crippen molar-refractivity contribution in [2.75, 3.05) is 13.2 Å². The van der Waals surface area contributed by atoms with E-state index in [9.17, 15) is 9.18 Å². The largest absolute Gasteiger partial charge is 0.492 e. The summed E-state index contributed by atoms with van der Waals surface area (Å²) in [6.45, 7) is 13.4. The Labute approximate surface area is 171 Å². The number of benzene rings is 1. The second-order valence-electron chi connectivity index (χ2n) is 7.50. The van der Waals surface area contributed by atoms with Crippen LogP contribution >= 0.6 is 11.6 Å². The first-order chi connectivity index (χ1) is 13.0. The molecule has 0 aliphatic carbocycles. The molecule has 0 radical (unpaired) electrons. The van der Waals surface area contributed by atoms with Gasteiger partial charge in [0.2, 0.25) is 5.83 Å². The van der Waals surface area contributed by atoms with E-state index in [4.69, 9.17) is 25.8 Å². The number of hydrogen-bond donors (Lipinski definition) is 0. The Morgan fingerprint density at radius 3 is 2.46 bits per heavy atom. The van der Waals surface area contributed by atoms with Gasteiger partial charge in [0.05, 0.1) is 13.2 Å². The predicted octanol–water partition coefficient (Wildman–Crippen LogP) is 6.21. The van der Waals surface area contributed by atoms with E-state index < -0.39 is 17.4 Å². The number of fused-ring (bicyclic) bond motifs is 1. The van der Waals surface area contributed by atoms with Crippen molar-refractivity contribution in [1.29, 1.82) is 0 Å². The Bertz CT molecular complexity index is 837. The zero-order valence-corrected chi connectivity index (χ0v) is 18.3. The van der Waals surface area contributed by atoms with Gasteiger partial charge in [0.25, 0.3) is 0 Å². The molecule has 0 amide bonds. The van der Waals surface area contributed by atoms with Crippen molar-refractivity contribution in [3.05, 3.63) is 34.1 Å². The normalized spacial score (nSPS) is 16.0. The number of carbonyl (C=O) groups excluding carboxylic acids is 1. The van der Waals surface area contributed by atoms with Crippen LogP contribution in [0.1, 0.15) is 59.6 Å². The number of rotatable bonds is 6. The molecule has 0 atom stereocenters. The summed E-state index contributed by atoms with van der Waals surface area (Å²) in [6, 6.07) is 1.78. The van der Waals surface area contributed by atoms with Gasteiger partial charge in [-0.1, -0.05) is 25.4 Å². The molecule has 1 heterocycles. The van der Waals surface area contributed by atoms with E-state index in [0.29, 0.717) is 23.7 Å². The van der Waals surface area contributed by atoms with Gasteiger partial charge in [-0.15, -0.1) is 0 Å². The van der Waals surface area contributed by atoms with Crippen LogP contribution in [-0.4, -0.2) is 24.8 Å². The lowest BCUT2D eigenvalue weighted by molar-refractivity contribution is -0.140. The molecule has 0 N–H and O–H groups in total. The van der Waals surface area contributed by atoms with E-state index in [1.54, 1.807) is 13.0 Å². The highest BCUT2D eigenvalue weighted by Gasteiger charge is 2.33. The molecule has 2 rings (SSSR count). The van der Waals surface area contributed by atoms with Crippen molar-refractivity contribution in [1.82, 2.24) is 0 Å². The fraction of sp³-hybridized carbons (Fsp3) is 0.500. The van der Waals surface area contributed by atoms with Gasteiger partial charge in [0, 0.05) is 16.7 Å². The quantitative estimate of drug-likeness (QED) is 0.413. The molecule has 0 saturated carbocycles. The van der Waals surface area contributed by atoms with E-state index >= 15 is 0 Å². The van der Waals surface area contributed by atoms with Gasteiger partial charge >= 0.3 is 5.97 Å². The van der Waals surface area contributed by atoms with Gasteiger partial charge in [-0.25, -0.2) is 4.79 Å². The standard InChI is InChI=1S/C22H28ClFO4/c1-8-26-19-14(13(5)18(24)21(25)27-9-2)10-15-16(12(3)4)11-22(6,7)28-20(15)17(19)23/h10-12H,8-9H2,1-7H3/b18-13+. The van der Waals surface area contributed by atoms with Gasteiger partial charge in [-0.05, 0) is 58.3 Å². The third-order valence-electron chi connectivity index (χ3n) is 4.45. The molecule has 0 unspecified atom stereocenters. The first kappa shape index (κ1) is 22.3. The molecule has 6 heteroatoms. The third kappa shape index (κ3) is 4.35. The molecule has 0 spiro atoms. The number of hydrogen-bond acceptors (Lipinski definition) is 4. The highest BCUT2D eigenvalue weighted by atomic mass is 35.5. The van der Waals surface area contributed by atoms with Crippen LogP contribution in [0.2, 0.25) is 5.02 Å². The fourth-order valence-electron chi connectivity index (χ4n) is 3.18. The topological polar surface area (TPSA) is 44.8 Å². The minimum Gasteiger partial charge on any atom is -0.492 e. The van der Waals surface area contributed by atoms with E-state index in [1.165, 1.54) is 6.92 Å². The number of ether oxygens (including phenoxy) is 3. The average molecular weight is 411 g/mol. The van der Waals surface area contributed by atoms with Crippen molar-refractivity contribution in [2.45, 2.75) is 54.1 Å². The van der Waals surface area contributed by atoms with Gasteiger partial charge in [-0.3, -0.25) is 0 Å². The Kier molecular flexibility index (Phi) is 6.81. The number of carbonyl (C=O) groups is 1. The molecule has 28 heavy (non-hydrogen) atoms. The number of halogens is 2. The second-order valence-corrected chi connectivity index (χ2v) is 7.87. The van der Waals surface area contributed by atoms with E-state index in [-0.39, 0.29) is 23.1 Å². The Hall–Kier alpha value is -2.01. The summed E-state index contributed by atoms with van der Waals surface area (Å²) >= 11 is 6.66. The van der Waals surface area contributed by atoms with Crippen molar-refractivity contribution in [2.24, 2.45) is 5.92 Å². The highest BCUT2D eigenvalue weighted by Crippen LogP contribution is 2.50. The summed E-state index contributed by atoms with van der Waals surface area (Å²) in [4.78, 5) is 11.9. The molecule has 0 aromatic heterocycles. The van der Waals surface area contributed by atoms with Crippen molar-refractivity contribution in [3.8, 4) is 11.5 Å². The van der Waals surface area contributed by atoms with Crippen LogP contribution < -0.4 is 9.47 Å². The number of esters is 1. The lowest BCUT2D eigenvalue weighted by atomic mass is 9.86. The van der Waals surface area contributed by atoms with Crippen LogP contribution in [0, 0.1) is 5.92 Å². The molecule has 1 aliphatic rings. The lowest BCUT2D eigenvalue weighted by Crippen LogP contribution is -2.30. The molecule has 1 aliphatic heterocycles. The van der Waals surface area contributed by atoms with E-state index in [0.717, 1.165) is 11.1 Å². The monoisotopic (exact) mass is 410 g/mol. The summed E-state index contributed by atoms with van der Waals surface area (Å²) in [5, 5.41) is 0.268. The van der Waals surface area contributed by atoms with E-state index in [1.807, 2.05) is 26.8 Å². The Morgan fingerprint density at radius 1 is 1.29 bits per heavy atom. The summed E-state index contributed by atoms with van der Waals surface area (Å²) in [5.74, 6) is -0.975. The van der Waals surface area contributed by atoms with Crippen molar-refractivity contribution in [3.63, 3.8) is 0 Å². The highest BCUT2D eigenvalue weighted by molar-refractivity contribution is 6.34. The van der Waals surface area contributed by atoms with Crippen LogP contribution in [0.3, 0.4) is 0 Å². The summed E-state index contributed by atoms with van der Waals surface area (Å²) in [7, 11) is 0. The Morgan fingerprint density at radius 2 is 1.93 bits per heavy atom. The zero-order valence-electron chi connectivity index (χ0n) is 17.5. The van der Waals surface area contributed by atoms with Gasteiger partial charge in [-0.2, -0.15) is 4.39 Å². The molecular formula is C22H28ClFO4. The minimum atomic E-state index is -1.01. The Balaban J connectivity index is 2.79. The summed E-state index contributed by atoms with van der Waals surface area (Å²) in [5.41, 5.74) is 1.80.